The minimum absolute atomic E-state index is 0.598. The van der Waals surface area contributed by atoms with Gasteiger partial charge < -0.3 is 9.13 Å². The van der Waals surface area contributed by atoms with Gasteiger partial charge in [-0.25, -0.2) is 29.9 Å². The molecule has 0 fully saturated rings. The molecule has 0 radical (unpaired) electrons. The molecule has 21 aromatic rings. The van der Waals surface area contributed by atoms with E-state index in [0.717, 1.165) is 94.7 Å². The Hall–Kier alpha value is -13.4. The molecule has 0 saturated carbocycles. The molecule has 21 rings (SSSR count). The fraction of sp³-hybridized carbons (Fsp3) is 0. The lowest BCUT2D eigenvalue weighted by molar-refractivity contribution is 1.07. The van der Waals surface area contributed by atoms with Crippen molar-refractivity contribution < 1.29 is 0 Å². The summed E-state index contributed by atoms with van der Waals surface area (Å²) < 4.78 is 9.61. The predicted octanol–water partition coefficient (Wildman–Crippen LogP) is 25.1. The minimum Gasteiger partial charge on any atom is -0.309 e. The number of hydrogen-bond donors (Lipinski definition) is 0. The summed E-state index contributed by atoms with van der Waals surface area (Å²) in [7, 11) is 0. The standard InChI is InChI=1S/C94H56N8S2/c1-5-22-60(23-6-1)89-95-90(61-24-7-2-8-25-61)98-93(97-89)67-53-76(88-74-33-17-20-36-83(74)104-85(88)56-67)65-43-48-72-71-31-15-18-34-78(71)102(81(72)54-65)69-46-41-58(42-47-69)57-37-39-63(40-38-57)92-96-91(62-26-9-3-10-27-62)99-94(100-92)66-52-75(87-73-32-16-19-35-82(73)103-84(87)55-66)64-45-49-79-77(51-64)86-70-30-14-13-21-59(70)44-50-80(86)101(79)68-28-11-4-12-29-68/h1-56H. The third-order valence-electron chi connectivity index (χ3n) is 20.4. The number of benzene rings is 15. The van der Waals surface area contributed by atoms with Gasteiger partial charge in [-0.2, -0.15) is 0 Å². The van der Waals surface area contributed by atoms with Crippen LogP contribution in [0.3, 0.4) is 0 Å². The lowest BCUT2D eigenvalue weighted by atomic mass is 9.95. The molecule has 0 N–H and O–H groups in total. The smallest absolute Gasteiger partial charge is 0.164 e. The molecule has 0 atom stereocenters. The Labute approximate surface area is 605 Å². The quantitative estimate of drug-likeness (QED) is 0.128. The average molecular weight is 1360 g/mol. The van der Waals surface area contributed by atoms with E-state index in [-0.39, 0.29) is 0 Å². The van der Waals surface area contributed by atoms with Crippen LogP contribution in [0.25, 0.3) is 208 Å². The third kappa shape index (κ3) is 9.94. The van der Waals surface area contributed by atoms with Crippen LogP contribution in [0.5, 0.6) is 0 Å². The van der Waals surface area contributed by atoms with Crippen molar-refractivity contribution in [3.8, 4) is 113 Å². The molecule has 0 unspecified atom stereocenters. The molecule has 15 aromatic carbocycles. The fourth-order valence-corrected chi connectivity index (χ4v) is 17.9. The topological polar surface area (TPSA) is 87.2 Å². The normalized spacial score (nSPS) is 11.8. The van der Waals surface area contributed by atoms with Gasteiger partial charge in [-0.05, 0) is 135 Å². The zero-order valence-corrected chi connectivity index (χ0v) is 57.4. The number of thiophene rings is 2. The molecule has 0 bridgehead atoms. The highest BCUT2D eigenvalue weighted by molar-refractivity contribution is 7.26. The van der Waals surface area contributed by atoms with E-state index in [1.807, 2.05) is 65.9 Å². The average Bonchev–Trinajstić information content (AvgIpc) is 1.57. The Morgan fingerprint density at radius 1 is 0.192 bits per heavy atom. The lowest BCUT2D eigenvalue weighted by Crippen LogP contribution is -2.00. The molecule has 0 aliphatic heterocycles. The summed E-state index contributed by atoms with van der Waals surface area (Å²) in [5, 5.41) is 12.1. The monoisotopic (exact) mass is 1360 g/mol. The predicted molar refractivity (Wildman–Crippen MR) is 434 cm³/mol. The molecular weight excluding hydrogens is 1310 g/mol. The van der Waals surface area contributed by atoms with Gasteiger partial charge in [0, 0.05) is 107 Å². The molecule has 0 aliphatic rings. The van der Waals surface area contributed by atoms with Crippen LogP contribution in [0.4, 0.5) is 0 Å². The summed E-state index contributed by atoms with van der Waals surface area (Å²) in [4.78, 5) is 31.5. The second-order valence-electron chi connectivity index (χ2n) is 26.5. The van der Waals surface area contributed by atoms with Crippen LogP contribution in [0.2, 0.25) is 0 Å². The van der Waals surface area contributed by atoms with E-state index >= 15 is 0 Å². The molecule has 0 aliphatic carbocycles. The van der Waals surface area contributed by atoms with Gasteiger partial charge in [0.2, 0.25) is 0 Å². The van der Waals surface area contributed by atoms with Gasteiger partial charge in [0.15, 0.2) is 34.9 Å². The lowest BCUT2D eigenvalue weighted by Gasteiger charge is -2.13. The summed E-state index contributed by atoms with van der Waals surface area (Å²) >= 11 is 3.61. The van der Waals surface area contributed by atoms with Crippen molar-refractivity contribution in [2.24, 2.45) is 0 Å². The molecule has 6 aromatic heterocycles. The Kier molecular flexibility index (Phi) is 13.8. The molecule has 6 heterocycles. The van der Waals surface area contributed by atoms with E-state index in [9.17, 15) is 0 Å². The highest BCUT2D eigenvalue weighted by atomic mass is 32.1. The number of para-hydroxylation sites is 2. The number of aromatic nitrogens is 8. The number of fused-ring (bicyclic) bond motifs is 14. The van der Waals surface area contributed by atoms with Crippen molar-refractivity contribution in [2.45, 2.75) is 0 Å². The summed E-state index contributed by atoms with van der Waals surface area (Å²) in [6.45, 7) is 0. The van der Waals surface area contributed by atoms with Crippen LogP contribution in [0.15, 0.2) is 340 Å². The molecule has 0 amide bonds. The van der Waals surface area contributed by atoms with Crippen molar-refractivity contribution in [1.82, 2.24) is 39.0 Å². The Morgan fingerprint density at radius 2 is 0.567 bits per heavy atom. The molecule has 484 valence electrons. The van der Waals surface area contributed by atoms with Crippen LogP contribution in [0.1, 0.15) is 0 Å². The number of nitrogens with zero attached hydrogens (tertiary/aromatic N) is 8. The first-order valence-electron chi connectivity index (χ1n) is 34.9. The van der Waals surface area contributed by atoms with Gasteiger partial charge in [-0.15, -0.1) is 22.7 Å². The third-order valence-corrected chi connectivity index (χ3v) is 22.6. The molecule has 10 heteroatoms. The van der Waals surface area contributed by atoms with E-state index in [0.29, 0.717) is 34.9 Å². The van der Waals surface area contributed by atoms with Crippen molar-refractivity contribution in [3.05, 3.63) is 340 Å². The number of hydrogen-bond acceptors (Lipinski definition) is 8. The Balaban J connectivity index is 0.657. The van der Waals surface area contributed by atoms with Crippen molar-refractivity contribution in [1.29, 1.82) is 0 Å². The highest BCUT2D eigenvalue weighted by Crippen LogP contribution is 2.48. The van der Waals surface area contributed by atoms with Crippen molar-refractivity contribution in [2.75, 3.05) is 0 Å². The van der Waals surface area contributed by atoms with Crippen molar-refractivity contribution >= 4 is 117 Å². The first kappa shape index (κ1) is 59.5. The first-order valence-corrected chi connectivity index (χ1v) is 36.5. The fourth-order valence-electron chi connectivity index (χ4n) is 15.6. The van der Waals surface area contributed by atoms with E-state index in [1.54, 1.807) is 11.3 Å². The molecule has 104 heavy (non-hydrogen) atoms. The summed E-state index contributed by atoms with van der Waals surface area (Å²) in [6, 6.07) is 122. The van der Waals surface area contributed by atoms with Gasteiger partial charge in [0.05, 0.1) is 22.1 Å². The minimum atomic E-state index is 0.598. The van der Waals surface area contributed by atoms with E-state index in [4.69, 9.17) is 29.9 Å². The van der Waals surface area contributed by atoms with Crippen LogP contribution >= 0.6 is 22.7 Å². The largest absolute Gasteiger partial charge is 0.309 e. The molecular formula is C94H56N8S2. The van der Waals surface area contributed by atoms with Gasteiger partial charge >= 0.3 is 0 Å². The molecule has 0 spiro atoms. The van der Waals surface area contributed by atoms with Gasteiger partial charge in [-0.1, -0.05) is 249 Å². The van der Waals surface area contributed by atoms with Gasteiger partial charge in [-0.3, -0.25) is 0 Å². The maximum absolute atomic E-state index is 5.41. The summed E-state index contributed by atoms with van der Waals surface area (Å²) in [5.74, 6) is 3.70. The van der Waals surface area contributed by atoms with Crippen LogP contribution in [-0.4, -0.2) is 39.0 Å². The zero-order valence-electron chi connectivity index (χ0n) is 55.7. The molecule has 8 nitrogen and oxygen atoms in total. The van der Waals surface area contributed by atoms with Crippen LogP contribution in [0, 0.1) is 0 Å². The Bertz CT molecular complexity index is 6950. The van der Waals surface area contributed by atoms with Crippen LogP contribution in [-0.2, 0) is 0 Å². The maximum atomic E-state index is 5.41. The SMILES string of the molecule is c1ccc(-c2nc(-c3ccc(-c4ccc(-n5c6ccccc6c6ccc(-c7cc(-c8nc(-c9ccccc9)nc(-c9ccccc9)n8)cc8sc9ccccc9c78)cc65)cc4)cc3)nc(-c3cc(-c4ccc5c(c4)c4c6ccccc6ccc4n5-c4ccccc4)c4c(c3)sc3ccccc34)n2)cc1. The second-order valence-corrected chi connectivity index (χ2v) is 28.7. The van der Waals surface area contributed by atoms with Gasteiger partial charge in [0.25, 0.3) is 0 Å². The summed E-state index contributed by atoms with van der Waals surface area (Å²) in [6.07, 6.45) is 0. The van der Waals surface area contributed by atoms with E-state index in [2.05, 4.69) is 294 Å². The Morgan fingerprint density at radius 3 is 1.12 bits per heavy atom. The van der Waals surface area contributed by atoms with E-state index in [1.165, 1.54) is 78.2 Å². The maximum Gasteiger partial charge on any atom is 0.164 e. The zero-order chi connectivity index (χ0) is 68.3. The second kappa shape index (κ2) is 24.2. The summed E-state index contributed by atoms with van der Waals surface area (Å²) in [5.41, 5.74) is 18.9. The first-order chi connectivity index (χ1) is 51.5. The number of rotatable bonds is 11. The van der Waals surface area contributed by atoms with Crippen molar-refractivity contribution in [3.63, 3.8) is 0 Å². The van der Waals surface area contributed by atoms with Gasteiger partial charge in [0.1, 0.15) is 0 Å². The van der Waals surface area contributed by atoms with Crippen LogP contribution < -0.4 is 0 Å². The van der Waals surface area contributed by atoms with E-state index < -0.39 is 0 Å². The molecule has 0 saturated heterocycles. The highest BCUT2D eigenvalue weighted by Gasteiger charge is 2.24.